The minimum Gasteiger partial charge on any atom is -0.463 e. The van der Waals surface area contributed by atoms with Crippen LogP contribution in [0.15, 0.2) is 77.4 Å². The Bertz CT molecular complexity index is 1340. The van der Waals surface area contributed by atoms with Gasteiger partial charge in [-0.2, -0.15) is 5.10 Å². The molecule has 0 bridgehead atoms. The number of hydrogen-bond acceptors (Lipinski definition) is 5. The van der Waals surface area contributed by atoms with Gasteiger partial charge in [0.2, 0.25) is 11.8 Å². The maximum Gasteiger partial charge on any atom is 0.276 e. The van der Waals surface area contributed by atoms with E-state index in [2.05, 4.69) is 10.4 Å². The normalized spacial score (nSPS) is 13.5. The highest BCUT2D eigenvalue weighted by atomic mass is 35.5. The molecule has 0 atom stereocenters. The van der Waals surface area contributed by atoms with Gasteiger partial charge in [0.1, 0.15) is 5.69 Å². The number of halogens is 1. The molecule has 4 aromatic rings. The second kappa shape index (κ2) is 8.99. The number of aromatic nitrogens is 2. The van der Waals surface area contributed by atoms with Crippen LogP contribution in [0.5, 0.6) is 0 Å². The van der Waals surface area contributed by atoms with Crippen LogP contribution in [-0.4, -0.2) is 32.4 Å². The van der Waals surface area contributed by atoms with E-state index < -0.39 is 5.91 Å². The number of anilines is 1. The Morgan fingerprint density at radius 2 is 1.71 bits per heavy atom. The van der Waals surface area contributed by atoms with Gasteiger partial charge in [-0.15, -0.1) is 0 Å². The van der Waals surface area contributed by atoms with Crippen LogP contribution in [0.3, 0.4) is 0 Å². The highest BCUT2D eigenvalue weighted by Gasteiger charge is 2.28. The van der Waals surface area contributed by atoms with Crippen molar-refractivity contribution in [2.45, 2.75) is 19.4 Å². The highest BCUT2D eigenvalue weighted by Crippen LogP contribution is 2.26. The number of imide groups is 1. The molecule has 0 saturated carbocycles. The second-order valence-corrected chi connectivity index (χ2v) is 8.24. The largest absolute Gasteiger partial charge is 0.463 e. The summed E-state index contributed by atoms with van der Waals surface area (Å²) in [6.45, 7) is 0.226. The third-order valence-corrected chi connectivity index (χ3v) is 5.75. The molecule has 1 fully saturated rings. The predicted molar refractivity (Wildman–Crippen MR) is 125 cm³/mol. The molecule has 170 valence electrons. The molecule has 0 radical (unpaired) electrons. The lowest BCUT2D eigenvalue weighted by molar-refractivity contribution is -0.139. The summed E-state index contributed by atoms with van der Waals surface area (Å²) in [4.78, 5) is 37.8. The van der Waals surface area contributed by atoms with Gasteiger partial charge in [-0.05, 0) is 54.1 Å². The number of furan rings is 1. The molecule has 0 spiro atoms. The fourth-order valence-corrected chi connectivity index (χ4v) is 3.87. The molecular weight excluding hydrogens is 456 g/mol. The highest BCUT2D eigenvalue weighted by molar-refractivity contribution is 6.30. The van der Waals surface area contributed by atoms with Crippen LogP contribution in [0.2, 0.25) is 5.02 Å². The summed E-state index contributed by atoms with van der Waals surface area (Å²) in [6, 6.07) is 19.3. The second-order valence-electron chi connectivity index (χ2n) is 7.81. The average molecular weight is 475 g/mol. The summed E-state index contributed by atoms with van der Waals surface area (Å²) in [6.07, 6.45) is 2.07. The summed E-state index contributed by atoms with van der Waals surface area (Å²) in [7, 11) is 0. The Hall–Kier alpha value is -4.17. The number of nitrogens with one attached hydrogen (secondary N) is 1. The molecular formula is C25H19ClN4O4. The van der Waals surface area contributed by atoms with Crippen molar-refractivity contribution in [2.24, 2.45) is 0 Å². The number of rotatable bonds is 6. The van der Waals surface area contributed by atoms with Crippen LogP contribution in [0.25, 0.3) is 17.1 Å². The molecule has 1 aliphatic rings. The summed E-state index contributed by atoms with van der Waals surface area (Å²) in [5.41, 5.74) is 2.92. The molecule has 2 aromatic carbocycles. The van der Waals surface area contributed by atoms with E-state index in [1.165, 1.54) is 4.90 Å². The number of likely N-dealkylation sites (tertiary alicyclic amines) is 1. The van der Waals surface area contributed by atoms with Crippen LogP contribution >= 0.6 is 11.6 Å². The maximum atomic E-state index is 12.9. The Morgan fingerprint density at radius 1 is 1.00 bits per heavy atom. The summed E-state index contributed by atoms with van der Waals surface area (Å²) in [5.74, 6) is -0.146. The first-order valence-electron chi connectivity index (χ1n) is 10.6. The molecule has 3 amide bonds. The van der Waals surface area contributed by atoms with Crippen molar-refractivity contribution in [1.29, 1.82) is 0 Å². The Balaban J connectivity index is 1.35. The Kier molecular flexibility index (Phi) is 5.73. The van der Waals surface area contributed by atoms with E-state index >= 15 is 0 Å². The molecule has 1 N–H and O–H groups in total. The van der Waals surface area contributed by atoms with Gasteiger partial charge in [-0.3, -0.25) is 19.3 Å². The van der Waals surface area contributed by atoms with Gasteiger partial charge >= 0.3 is 0 Å². The van der Waals surface area contributed by atoms with E-state index in [0.29, 0.717) is 22.2 Å². The fraction of sp³-hybridized carbons (Fsp3) is 0.120. The van der Waals surface area contributed by atoms with Crippen molar-refractivity contribution in [2.75, 3.05) is 5.32 Å². The molecule has 5 rings (SSSR count). The monoisotopic (exact) mass is 474 g/mol. The molecule has 9 heteroatoms. The van der Waals surface area contributed by atoms with E-state index in [9.17, 15) is 14.4 Å². The van der Waals surface area contributed by atoms with Gasteiger partial charge in [-0.1, -0.05) is 23.7 Å². The summed E-state index contributed by atoms with van der Waals surface area (Å²) >= 11 is 6.01. The number of benzene rings is 2. The van der Waals surface area contributed by atoms with Gasteiger partial charge in [0.15, 0.2) is 11.5 Å². The molecule has 3 heterocycles. The number of nitrogens with zero attached hydrogens (tertiary/aromatic N) is 3. The lowest BCUT2D eigenvalue weighted by Crippen LogP contribution is -2.28. The smallest absolute Gasteiger partial charge is 0.276 e. The minimum atomic E-state index is -0.391. The number of amides is 3. The molecule has 1 aliphatic heterocycles. The van der Waals surface area contributed by atoms with Gasteiger partial charge < -0.3 is 9.73 Å². The molecule has 8 nitrogen and oxygen atoms in total. The predicted octanol–water partition coefficient (Wildman–Crippen LogP) is 4.69. The lowest BCUT2D eigenvalue weighted by Gasteiger charge is -2.14. The van der Waals surface area contributed by atoms with Crippen LogP contribution in [0, 0.1) is 0 Å². The first-order chi connectivity index (χ1) is 16.5. The van der Waals surface area contributed by atoms with Gasteiger partial charge in [0.25, 0.3) is 5.91 Å². The standard InChI is InChI=1S/C25H19ClN4O4/c26-17-5-9-19(10-6-17)30-21(22-2-1-13-34-22)14-20(28-30)25(33)27-18-7-3-16(4-8-18)15-29-23(31)11-12-24(29)32/h1-10,13-14H,11-12,15H2,(H,27,33). The number of carbonyl (C=O) groups excluding carboxylic acids is 3. The first-order valence-corrected chi connectivity index (χ1v) is 11.0. The van der Waals surface area contributed by atoms with E-state index in [-0.39, 0.29) is 36.9 Å². The Labute approximate surface area is 199 Å². The maximum absolute atomic E-state index is 12.9. The van der Waals surface area contributed by atoms with Gasteiger partial charge in [0.05, 0.1) is 18.5 Å². The van der Waals surface area contributed by atoms with Gasteiger partial charge in [0, 0.05) is 29.6 Å². The van der Waals surface area contributed by atoms with Crippen molar-refractivity contribution < 1.29 is 18.8 Å². The zero-order valence-electron chi connectivity index (χ0n) is 17.9. The van der Waals surface area contributed by atoms with Crippen molar-refractivity contribution in [1.82, 2.24) is 14.7 Å². The van der Waals surface area contributed by atoms with Crippen molar-refractivity contribution >= 4 is 35.0 Å². The van der Waals surface area contributed by atoms with E-state index in [1.807, 2.05) is 0 Å². The molecule has 34 heavy (non-hydrogen) atoms. The molecule has 2 aromatic heterocycles. The number of carbonyl (C=O) groups is 3. The first kappa shape index (κ1) is 21.7. The quantitative estimate of drug-likeness (QED) is 0.409. The van der Waals surface area contributed by atoms with Crippen molar-refractivity contribution in [3.8, 4) is 17.1 Å². The summed E-state index contributed by atoms with van der Waals surface area (Å²) in [5, 5.41) is 7.91. The lowest BCUT2D eigenvalue weighted by atomic mass is 10.2. The van der Waals surface area contributed by atoms with Crippen LogP contribution < -0.4 is 5.32 Å². The average Bonchev–Trinajstić information content (AvgIpc) is 3.58. The fourth-order valence-electron chi connectivity index (χ4n) is 3.74. The SMILES string of the molecule is O=C(Nc1ccc(CN2C(=O)CCC2=O)cc1)c1cc(-c2ccco2)n(-c2ccc(Cl)cc2)n1. The van der Waals surface area contributed by atoms with Crippen molar-refractivity contribution in [3.63, 3.8) is 0 Å². The minimum absolute atomic E-state index is 0.161. The van der Waals surface area contributed by atoms with E-state index in [1.54, 1.807) is 77.7 Å². The topological polar surface area (TPSA) is 97.4 Å². The summed E-state index contributed by atoms with van der Waals surface area (Å²) < 4.78 is 7.15. The molecule has 0 aliphatic carbocycles. The van der Waals surface area contributed by atoms with E-state index in [0.717, 1.165) is 11.3 Å². The third-order valence-electron chi connectivity index (χ3n) is 5.49. The van der Waals surface area contributed by atoms with Crippen LogP contribution in [0.4, 0.5) is 5.69 Å². The molecule has 1 saturated heterocycles. The zero-order chi connectivity index (χ0) is 23.7. The zero-order valence-corrected chi connectivity index (χ0v) is 18.7. The third kappa shape index (κ3) is 4.35. The van der Waals surface area contributed by atoms with Crippen LogP contribution in [-0.2, 0) is 16.1 Å². The van der Waals surface area contributed by atoms with E-state index in [4.69, 9.17) is 16.0 Å². The number of hydrogen-bond donors (Lipinski definition) is 1. The Morgan fingerprint density at radius 3 is 2.35 bits per heavy atom. The van der Waals surface area contributed by atoms with Gasteiger partial charge in [-0.25, -0.2) is 4.68 Å². The molecule has 0 unspecified atom stereocenters. The van der Waals surface area contributed by atoms with Crippen LogP contribution in [0.1, 0.15) is 28.9 Å². The van der Waals surface area contributed by atoms with Crippen molar-refractivity contribution in [3.05, 3.63) is 89.3 Å².